The number of carbonyl (C=O) groups excluding carboxylic acids is 4. The number of amides is 4. The van der Waals surface area contributed by atoms with E-state index in [1.54, 1.807) is 12.1 Å². The Hall–Kier alpha value is -2.58. The number of nitrogens with one attached hydrogen (secondary N) is 3. The molecule has 0 radical (unpaired) electrons. The van der Waals surface area contributed by atoms with Crippen molar-refractivity contribution < 1.29 is 19.2 Å². The third-order valence-electron chi connectivity index (χ3n) is 6.88. The van der Waals surface area contributed by atoms with Crippen LogP contribution in [0.5, 0.6) is 0 Å². The minimum atomic E-state index is -0.927. The predicted molar refractivity (Wildman–Crippen MR) is 103 cm³/mol. The van der Waals surface area contributed by atoms with Gasteiger partial charge in [0.15, 0.2) is 0 Å². The van der Waals surface area contributed by atoms with Gasteiger partial charge in [0.2, 0.25) is 11.8 Å². The highest BCUT2D eigenvalue weighted by Gasteiger charge is 2.45. The number of piperidine rings is 2. The first-order valence-electron chi connectivity index (χ1n) is 10.3. The van der Waals surface area contributed by atoms with Gasteiger partial charge in [0.25, 0.3) is 11.8 Å². The van der Waals surface area contributed by atoms with E-state index >= 15 is 0 Å². The molecule has 152 valence electrons. The van der Waals surface area contributed by atoms with Crippen molar-refractivity contribution in [1.82, 2.24) is 20.9 Å². The van der Waals surface area contributed by atoms with Crippen LogP contribution in [-0.4, -0.2) is 54.2 Å². The van der Waals surface area contributed by atoms with Gasteiger partial charge in [-0.15, -0.1) is 0 Å². The van der Waals surface area contributed by atoms with Crippen LogP contribution in [0.2, 0.25) is 0 Å². The van der Waals surface area contributed by atoms with Crippen LogP contribution in [0.15, 0.2) is 18.2 Å². The first-order chi connectivity index (χ1) is 14.0. The topological polar surface area (TPSA) is 108 Å². The van der Waals surface area contributed by atoms with Crippen molar-refractivity contribution in [1.29, 1.82) is 0 Å². The molecule has 4 aliphatic heterocycles. The molecule has 3 N–H and O–H groups in total. The highest BCUT2D eigenvalue weighted by molar-refractivity contribution is 6.23. The van der Waals surface area contributed by atoms with Crippen LogP contribution in [-0.2, 0) is 9.59 Å². The molecule has 1 spiro atoms. The van der Waals surface area contributed by atoms with E-state index in [1.165, 1.54) is 0 Å². The van der Waals surface area contributed by atoms with Crippen molar-refractivity contribution >= 4 is 23.6 Å². The summed E-state index contributed by atoms with van der Waals surface area (Å²) in [5.41, 5.74) is 1.98. The molecule has 4 heterocycles. The summed E-state index contributed by atoms with van der Waals surface area (Å²) in [6.45, 7) is 3.00. The monoisotopic (exact) mass is 396 g/mol. The molecule has 3 unspecified atom stereocenters. The second-order valence-corrected chi connectivity index (χ2v) is 8.64. The van der Waals surface area contributed by atoms with Crippen molar-refractivity contribution in [2.45, 2.75) is 44.2 Å². The largest absolute Gasteiger partial charge is 0.316 e. The van der Waals surface area contributed by atoms with Crippen molar-refractivity contribution in [2.75, 3.05) is 19.6 Å². The molecule has 1 aromatic rings. The number of hydrogen-bond donors (Lipinski definition) is 3. The molecule has 0 saturated carbocycles. The summed E-state index contributed by atoms with van der Waals surface area (Å²) in [5, 5.41) is 9.24. The highest BCUT2D eigenvalue weighted by Crippen LogP contribution is 2.42. The Morgan fingerprint density at radius 2 is 1.79 bits per heavy atom. The fourth-order valence-electron chi connectivity index (χ4n) is 5.24. The van der Waals surface area contributed by atoms with E-state index in [-0.39, 0.29) is 24.8 Å². The lowest BCUT2D eigenvalue weighted by molar-refractivity contribution is -0.136. The van der Waals surface area contributed by atoms with E-state index in [0.717, 1.165) is 49.4 Å². The number of fused-ring (bicyclic) bond motifs is 1. The first kappa shape index (κ1) is 18.4. The third-order valence-corrected chi connectivity index (χ3v) is 6.88. The van der Waals surface area contributed by atoms with Gasteiger partial charge < -0.3 is 10.6 Å². The molecule has 29 heavy (non-hydrogen) atoms. The number of hydrogen-bond acceptors (Lipinski definition) is 6. The SMILES string of the molecule is O=C1CCC(N2C(=O)c3ccc(C4CC5(CCNC5)CCN4)cc3C2=O)C(=O)N1. The Morgan fingerprint density at radius 1 is 1.00 bits per heavy atom. The minimum absolute atomic E-state index is 0.122. The standard InChI is InChI=1S/C21H24N4O4/c26-17-4-3-16(18(27)24-17)25-19(28)13-2-1-12(9-14(13)20(25)29)15-10-21(6-8-23-15)5-7-22-11-21/h1-2,9,15-16,22-23H,3-8,10-11H2,(H,24,26,27). The summed E-state index contributed by atoms with van der Waals surface area (Å²) >= 11 is 0. The van der Waals surface area contributed by atoms with Gasteiger partial charge in [0.05, 0.1) is 11.1 Å². The maximum atomic E-state index is 13.0. The van der Waals surface area contributed by atoms with Gasteiger partial charge in [-0.3, -0.25) is 29.4 Å². The molecule has 4 amide bonds. The zero-order valence-electron chi connectivity index (χ0n) is 16.1. The fraction of sp³-hybridized carbons (Fsp3) is 0.524. The van der Waals surface area contributed by atoms with Gasteiger partial charge in [-0.05, 0) is 61.9 Å². The Kier molecular flexibility index (Phi) is 4.29. The van der Waals surface area contributed by atoms with Crippen LogP contribution in [0.4, 0.5) is 0 Å². The second kappa shape index (κ2) is 6.74. The van der Waals surface area contributed by atoms with Crippen molar-refractivity contribution in [2.24, 2.45) is 5.41 Å². The molecule has 0 aliphatic carbocycles. The van der Waals surface area contributed by atoms with Gasteiger partial charge >= 0.3 is 0 Å². The summed E-state index contributed by atoms with van der Waals surface area (Å²) in [6, 6.07) is 4.63. The molecular formula is C21H24N4O4. The number of nitrogens with zero attached hydrogens (tertiary/aromatic N) is 1. The zero-order valence-corrected chi connectivity index (χ0v) is 16.1. The summed E-state index contributed by atoms with van der Waals surface area (Å²) in [4.78, 5) is 50.5. The van der Waals surface area contributed by atoms with Crippen LogP contribution in [0, 0.1) is 5.41 Å². The normalized spacial score (nSPS) is 32.1. The molecule has 0 aromatic heterocycles. The van der Waals surface area contributed by atoms with Crippen LogP contribution in [0.3, 0.4) is 0 Å². The molecule has 8 heteroatoms. The van der Waals surface area contributed by atoms with Crippen LogP contribution in [0.25, 0.3) is 0 Å². The van der Waals surface area contributed by atoms with E-state index < -0.39 is 23.8 Å². The van der Waals surface area contributed by atoms with Crippen LogP contribution >= 0.6 is 0 Å². The van der Waals surface area contributed by atoms with E-state index in [2.05, 4.69) is 16.0 Å². The Morgan fingerprint density at radius 3 is 2.55 bits per heavy atom. The molecule has 1 aromatic carbocycles. The lowest BCUT2D eigenvalue weighted by Crippen LogP contribution is -2.54. The average Bonchev–Trinajstić information content (AvgIpc) is 3.25. The smallest absolute Gasteiger partial charge is 0.262 e. The predicted octanol–water partition coefficient (Wildman–Crippen LogP) is 0.492. The van der Waals surface area contributed by atoms with E-state index in [0.29, 0.717) is 16.5 Å². The molecule has 5 rings (SSSR count). The zero-order chi connectivity index (χ0) is 20.2. The van der Waals surface area contributed by atoms with Crippen molar-refractivity contribution in [3.63, 3.8) is 0 Å². The lowest BCUT2D eigenvalue weighted by atomic mass is 9.74. The maximum Gasteiger partial charge on any atom is 0.262 e. The Balaban J connectivity index is 1.41. The Bertz CT molecular complexity index is 921. The van der Waals surface area contributed by atoms with Crippen molar-refractivity contribution in [3.8, 4) is 0 Å². The van der Waals surface area contributed by atoms with Gasteiger partial charge in [0.1, 0.15) is 6.04 Å². The molecule has 3 saturated heterocycles. The third kappa shape index (κ3) is 2.98. The molecule has 3 atom stereocenters. The molecule has 8 nitrogen and oxygen atoms in total. The lowest BCUT2D eigenvalue weighted by Gasteiger charge is -2.38. The molecule has 4 aliphatic rings. The quantitative estimate of drug-likeness (QED) is 0.628. The van der Waals surface area contributed by atoms with Gasteiger partial charge in [0, 0.05) is 19.0 Å². The number of rotatable bonds is 2. The first-order valence-corrected chi connectivity index (χ1v) is 10.3. The highest BCUT2D eigenvalue weighted by atomic mass is 16.2. The average molecular weight is 396 g/mol. The fourth-order valence-corrected chi connectivity index (χ4v) is 5.24. The summed E-state index contributed by atoms with van der Waals surface area (Å²) in [6.07, 6.45) is 3.59. The molecule has 3 fully saturated rings. The van der Waals surface area contributed by atoms with E-state index in [4.69, 9.17) is 0 Å². The van der Waals surface area contributed by atoms with E-state index in [9.17, 15) is 19.2 Å². The van der Waals surface area contributed by atoms with E-state index in [1.807, 2.05) is 6.07 Å². The van der Waals surface area contributed by atoms with Crippen LogP contribution in [0.1, 0.15) is 64.4 Å². The number of carbonyl (C=O) groups is 4. The summed E-state index contributed by atoms with van der Waals surface area (Å²) in [7, 11) is 0. The summed E-state index contributed by atoms with van der Waals surface area (Å²) < 4.78 is 0. The molecular weight excluding hydrogens is 372 g/mol. The minimum Gasteiger partial charge on any atom is -0.316 e. The Labute approximate surface area is 168 Å². The number of imide groups is 2. The molecule has 0 bridgehead atoms. The van der Waals surface area contributed by atoms with Crippen LogP contribution < -0.4 is 16.0 Å². The second-order valence-electron chi connectivity index (χ2n) is 8.64. The van der Waals surface area contributed by atoms with Crippen molar-refractivity contribution in [3.05, 3.63) is 34.9 Å². The maximum absolute atomic E-state index is 13.0. The summed E-state index contributed by atoms with van der Waals surface area (Å²) in [5.74, 6) is -1.86. The van der Waals surface area contributed by atoms with Gasteiger partial charge in [-0.25, -0.2) is 0 Å². The van der Waals surface area contributed by atoms with Gasteiger partial charge in [-0.1, -0.05) is 6.07 Å². The number of benzene rings is 1. The van der Waals surface area contributed by atoms with Gasteiger partial charge in [-0.2, -0.15) is 0 Å².